The second kappa shape index (κ2) is 5.63. The first-order valence-corrected chi connectivity index (χ1v) is 5.67. The van der Waals surface area contributed by atoms with Crippen molar-refractivity contribution < 1.29 is 9.53 Å². The number of ether oxygens (including phenoxy) is 1. The van der Waals surface area contributed by atoms with Gasteiger partial charge < -0.3 is 9.30 Å². The fourth-order valence-electron chi connectivity index (χ4n) is 1.60. The Hall–Kier alpha value is -1.39. The topological polar surface area (TPSA) is 57.0 Å². The van der Waals surface area contributed by atoms with Crippen molar-refractivity contribution >= 4 is 5.97 Å². The van der Waals surface area contributed by atoms with Gasteiger partial charge in [0, 0.05) is 6.04 Å². The quantitative estimate of drug-likeness (QED) is 0.718. The number of hydrogen-bond donors (Lipinski definition) is 0. The third-order valence-electron chi connectivity index (χ3n) is 2.45. The van der Waals surface area contributed by atoms with Gasteiger partial charge in [-0.15, -0.1) is 10.2 Å². The minimum atomic E-state index is -0.315. The van der Waals surface area contributed by atoms with Crippen molar-refractivity contribution in [3.8, 4) is 0 Å². The molecule has 0 aromatic carbocycles. The van der Waals surface area contributed by atoms with Crippen LogP contribution in [0.5, 0.6) is 0 Å². The molecule has 0 amide bonds. The van der Waals surface area contributed by atoms with Gasteiger partial charge in [0.25, 0.3) is 0 Å². The lowest BCUT2D eigenvalue weighted by atomic mass is 10.1. The van der Waals surface area contributed by atoms with Crippen LogP contribution in [0.25, 0.3) is 0 Å². The fourth-order valence-corrected chi connectivity index (χ4v) is 1.60. The van der Waals surface area contributed by atoms with Crippen molar-refractivity contribution in [3.05, 3.63) is 12.2 Å². The maximum atomic E-state index is 11.7. The number of esters is 1. The van der Waals surface area contributed by atoms with Crippen LogP contribution in [0.2, 0.25) is 0 Å². The van der Waals surface area contributed by atoms with Gasteiger partial charge in [0.2, 0.25) is 0 Å². The highest BCUT2D eigenvalue weighted by Gasteiger charge is 2.25. The average molecular weight is 225 g/mol. The van der Waals surface area contributed by atoms with E-state index in [2.05, 4.69) is 10.2 Å². The Balaban J connectivity index is 2.94. The van der Waals surface area contributed by atoms with Gasteiger partial charge in [-0.1, -0.05) is 6.92 Å². The first kappa shape index (κ1) is 12.7. The highest BCUT2D eigenvalue weighted by molar-refractivity contribution is 5.76. The highest BCUT2D eigenvalue weighted by atomic mass is 16.5. The third-order valence-corrected chi connectivity index (χ3v) is 2.45. The Labute approximate surface area is 95.8 Å². The predicted octanol–water partition coefficient (Wildman–Crippen LogP) is 1.92. The Morgan fingerprint density at radius 1 is 1.50 bits per heavy atom. The van der Waals surface area contributed by atoms with Gasteiger partial charge in [0.15, 0.2) is 0 Å². The summed E-state index contributed by atoms with van der Waals surface area (Å²) in [7, 11) is 0. The van der Waals surface area contributed by atoms with E-state index in [9.17, 15) is 4.79 Å². The Bertz CT molecular complexity index is 347. The summed E-state index contributed by atoms with van der Waals surface area (Å²) in [6, 6.07) is 0.244. The van der Waals surface area contributed by atoms with Crippen LogP contribution in [0.4, 0.5) is 0 Å². The second-order valence-corrected chi connectivity index (χ2v) is 3.90. The molecule has 1 aromatic heterocycles. The highest BCUT2D eigenvalue weighted by Crippen LogP contribution is 2.21. The Morgan fingerprint density at radius 3 is 2.69 bits per heavy atom. The molecule has 0 fully saturated rings. The first-order chi connectivity index (χ1) is 7.61. The number of carbonyl (C=O) groups excluding carboxylic acids is 1. The molecule has 1 aromatic rings. The molecule has 1 rings (SSSR count). The van der Waals surface area contributed by atoms with Crippen molar-refractivity contribution in [2.45, 2.75) is 46.1 Å². The van der Waals surface area contributed by atoms with Crippen LogP contribution in [0, 0.1) is 0 Å². The van der Waals surface area contributed by atoms with Gasteiger partial charge >= 0.3 is 5.97 Å². The Kier molecular flexibility index (Phi) is 4.46. The number of aromatic nitrogens is 3. The van der Waals surface area contributed by atoms with E-state index in [0.717, 1.165) is 0 Å². The van der Waals surface area contributed by atoms with Gasteiger partial charge in [-0.25, -0.2) is 0 Å². The fraction of sp³-hybridized carbons (Fsp3) is 0.727. The van der Waals surface area contributed by atoms with E-state index in [1.165, 1.54) is 0 Å². The summed E-state index contributed by atoms with van der Waals surface area (Å²) in [6.07, 6.45) is 2.33. The lowest BCUT2D eigenvalue weighted by Gasteiger charge is -2.16. The third kappa shape index (κ3) is 2.59. The summed E-state index contributed by atoms with van der Waals surface area (Å²) < 4.78 is 6.94. The molecular formula is C11H19N3O2. The van der Waals surface area contributed by atoms with Crippen LogP contribution in [0.15, 0.2) is 6.33 Å². The minimum absolute atomic E-state index is 0.222. The molecule has 0 aliphatic carbocycles. The van der Waals surface area contributed by atoms with Crippen LogP contribution in [-0.4, -0.2) is 27.3 Å². The summed E-state index contributed by atoms with van der Waals surface area (Å²) >= 11 is 0. The number of rotatable bonds is 5. The first-order valence-electron chi connectivity index (χ1n) is 5.67. The number of hydrogen-bond acceptors (Lipinski definition) is 4. The van der Waals surface area contributed by atoms with Crippen LogP contribution in [0.1, 0.15) is 51.9 Å². The maximum absolute atomic E-state index is 11.7. The van der Waals surface area contributed by atoms with Crippen molar-refractivity contribution in [1.29, 1.82) is 0 Å². The summed E-state index contributed by atoms with van der Waals surface area (Å²) in [5.41, 5.74) is 0. The van der Waals surface area contributed by atoms with Crippen LogP contribution in [0.3, 0.4) is 0 Å². The van der Waals surface area contributed by atoms with Crippen molar-refractivity contribution in [1.82, 2.24) is 14.8 Å². The monoisotopic (exact) mass is 225 g/mol. The zero-order valence-electron chi connectivity index (χ0n) is 10.3. The standard InChI is InChI=1S/C11H19N3O2/c1-5-9(11(15)16-6-2)10-13-12-7-14(10)8(3)4/h7-9H,5-6H2,1-4H3. The molecule has 0 N–H and O–H groups in total. The molecule has 1 heterocycles. The molecule has 0 spiro atoms. The molecule has 0 aliphatic heterocycles. The molecule has 0 bridgehead atoms. The maximum Gasteiger partial charge on any atom is 0.316 e. The molecular weight excluding hydrogens is 206 g/mol. The van der Waals surface area contributed by atoms with Gasteiger partial charge in [0.1, 0.15) is 18.1 Å². The van der Waals surface area contributed by atoms with Gasteiger partial charge in [0.05, 0.1) is 6.61 Å². The lowest BCUT2D eigenvalue weighted by molar-refractivity contribution is -0.145. The van der Waals surface area contributed by atoms with E-state index in [-0.39, 0.29) is 17.9 Å². The molecule has 1 unspecified atom stereocenters. The molecule has 16 heavy (non-hydrogen) atoms. The summed E-state index contributed by atoms with van der Waals surface area (Å²) in [5, 5.41) is 7.88. The van der Waals surface area contributed by atoms with Crippen LogP contribution in [-0.2, 0) is 9.53 Å². The van der Waals surface area contributed by atoms with E-state index < -0.39 is 0 Å². The summed E-state index contributed by atoms with van der Waals surface area (Å²) in [6.45, 7) is 8.21. The zero-order chi connectivity index (χ0) is 12.1. The predicted molar refractivity (Wildman–Crippen MR) is 60.1 cm³/mol. The summed E-state index contributed by atoms with van der Waals surface area (Å²) in [5.74, 6) is 0.153. The van der Waals surface area contributed by atoms with Gasteiger partial charge in [-0.2, -0.15) is 0 Å². The largest absolute Gasteiger partial charge is 0.465 e. The van der Waals surface area contributed by atoms with Gasteiger partial charge in [-0.3, -0.25) is 4.79 Å². The molecule has 5 heteroatoms. The molecule has 0 radical (unpaired) electrons. The van der Waals surface area contributed by atoms with Crippen molar-refractivity contribution in [2.75, 3.05) is 6.61 Å². The minimum Gasteiger partial charge on any atom is -0.465 e. The van der Waals surface area contributed by atoms with Crippen LogP contribution < -0.4 is 0 Å². The smallest absolute Gasteiger partial charge is 0.316 e. The van der Waals surface area contributed by atoms with E-state index in [4.69, 9.17) is 4.74 Å². The normalized spacial score (nSPS) is 12.8. The molecule has 0 saturated carbocycles. The van der Waals surface area contributed by atoms with E-state index in [1.807, 2.05) is 25.3 Å². The lowest BCUT2D eigenvalue weighted by Crippen LogP contribution is -2.20. The molecule has 5 nitrogen and oxygen atoms in total. The zero-order valence-corrected chi connectivity index (χ0v) is 10.3. The SMILES string of the molecule is CCOC(=O)C(CC)c1nncn1C(C)C. The molecule has 0 saturated heterocycles. The molecule has 90 valence electrons. The van der Waals surface area contributed by atoms with Crippen LogP contribution >= 0.6 is 0 Å². The summed E-state index contributed by atoms with van der Waals surface area (Å²) in [4.78, 5) is 11.7. The van der Waals surface area contributed by atoms with E-state index in [0.29, 0.717) is 18.9 Å². The van der Waals surface area contributed by atoms with E-state index in [1.54, 1.807) is 13.3 Å². The molecule has 0 aliphatic rings. The molecule has 1 atom stereocenters. The number of carbonyl (C=O) groups is 1. The van der Waals surface area contributed by atoms with E-state index >= 15 is 0 Å². The van der Waals surface area contributed by atoms with Gasteiger partial charge in [-0.05, 0) is 27.2 Å². The second-order valence-electron chi connectivity index (χ2n) is 3.90. The Morgan fingerprint density at radius 2 is 2.19 bits per heavy atom. The number of nitrogens with zero attached hydrogens (tertiary/aromatic N) is 3. The van der Waals surface area contributed by atoms with Crippen molar-refractivity contribution in [3.63, 3.8) is 0 Å². The average Bonchev–Trinajstić information content (AvgIpc) is 2.68. The van der Waals surface area contributed by atoms with Crippen molar-refractivity contribution in [2.24, 2.45) is 0 Å².